The highest BCUT2D eigenvalue weighted by atomic mass is 127. The molecule has 0 unspecified atom stereocenters. The van der Waals surface area contributed by atoms with Crippen molar-refractivity contribution in [3.8, 4) is 5.88 Å². The van der Waals surface area contributed by atoms with Crippen LogP contribution < -0.4 is 10.3 Å². The molecule has 0 aromatic carbocycles. The minimum Gasteiger partial charge on any atom is -0.482 e. The zero-order valence-electron chi connectivity index (χ0n) is 6.61. The molecule has 0 aliphatic rings. The van der Waals surface area contributed by atoms with Crippen LogP contribution in [0.25, 0.3) is 0 Å². The van der Waals surface area contributed by atoms with Gasteiger partial charge in [0.05, 0.1) is 10.7 Å². The van der Waals surface area contributed by atoms with Crippen molar-refractivity contribution in [3.63, 3.8) is 0 Å². The molecule has 72 valence electrons. The first-order chi connectivity index (χ1) is 6.06. The summed E-state index contributed by atoms with van der Waals surface area (Å²) in [5.74, 6) is 0.0423. The van der Waals surface area contributed by atoms with Crippen molar-refractivity contribution < 1.29 is 13.5 Å². The number of nitrogens with one attached hydrogen (secondary N) is 1. The Morgan fingerprint density at radius 3 is 2.69 bits per heavy atom. The molecule has 0 fully saturated rings. The third-order valence-corrected chi connectivity index (χ3v) is 2.54. The van der Waals surface area contributed by atoms with Crippen LogP contribution in [0, 0.1) is 3.57 Å². The fourth-order valence-corrected chi connectivity index (χ4v) is 1.33. The Morgan fingerprint density at radius 1 is 1.62 bits per heavy atom. The van der Waals surface area contributed by atoms with Crippen molar-refractivity contribution >= 4 is 22.6 Å². The molecule has 1 rings (SSSR count). The van der Waals surface area contributed by atoms with Crippen LogP contribution >= 0.6 is 22.6 Å². The van der Waals surface area contributed by atoms with Gasteiger partial charge < -0.3 is 4.74 Å². The van der Waals surface area contributed by atoms with E-state index >= 15 is 0 Å². The summed E-state index contributed by atoms with van der Waals surface area (Å²) >= 11 is 1.57. The van der Waals surface area contributed by atoms with E-state index in [0.717, 1.165) is 6.07 Å². The number of aromatic amines is 1. The quantitative estimate of drug-likeness (QED) is 0.848. The van der Waals surface area contributed by atoms with Gasteiger partial charge in [0.25, 0.3) is 12.0 Å². The molecule has 3 nitrogen and oxygen atoms in total. The van der Waals surface area contributed by atoms with Crippen LogP contribution in [0.2, 0.25) is 0 Å². The van der Waals surface area contributed by atoms with Crippen LogP contribution in [0.4, 0.5) is 8.78 Å². The van der Waals surface area contributed by atoms with Crippen molar-refractivity contribution in [2.75, 3.05) is 7.11 Å². The molecule has 1 aromatic rings. The number of methoxy groups -OCH3 is 1. The van der Waals surface area contributed by atoms with E-state index in [-0.39, 0.29) is 15.0 Å². The molecule has 0 bridgehead atoms. The zero-order valence-corrected chi connectivity index (χ0v) is 8.76. The Labute approximate surface area is 86.2 Å². The molecule has 1 aromatic heterocycles. The Balaban J connectivity index is 3.33. The van der Waals surface area contributed by atoms with Crippen LogP contribution in [0.5, 0.6) is 5.88 Å². The lowest BCUT2D eigenvalue weighted by atomic mass is 10.3. The third-order valence-electron chi connectivity index (χ3n) is 1.43. The summed E-state index contributed by atoms with van der Waals surface area (Å²) in [5, 5.41) is 0. The number of ether oxygens (including phenoxy) is 1. The molecule has 13 heavy (non-hydrogen) atoms. The number of alkyl halides is 2. The molecule has 1 N–H and O–H groups in total. The smallest absolute Gasteiger partial charge is 0.265 e. The Morgan fingerprint density at radius 2 is 2.23 bits per heavy atom. The summed E-state index contributed by atoms with van der Waals surface area (Å²) in [6.07, 6.45) is -2.66. The van der Waals surface area contributed by atoms with Crippen molar-refractivity contribution in [2.45, 2.75) is 6.43 Å². The van der Waals surface area contributed by atoms with Crippen LogP contribution in [-0.4, -0.2) is 12.1 Å². The molecule has 0 radical (unpaired) electrons. The summed E-state index contributed by atoms with van der Waals surface area (Å²) in [5.41, 5.74) is -0.864. The summed E-state index contributed by atoms with van der Waals surface area (Å²) in [6, 6.07) is 1.12. The van der Waals surface area contributed by atoms with E-state index in [2.05, 4.69) is 9.72 Å². The lowest BCUT2D eigenvalue weighted by Gasteiger charge is -2.04. The van der Waals surface area contributed by atoms with Gasteiger partial charge in [-0.3, -0.25) is 9.78 Å². The average molecular weight is 301 g/mol. The summed E-state index contributed by atoms with van der Waals surface area (Å²) in [6.45, 7) is 0. The highest BCUT2D eigenvalue weighted by Gasteiger charge is 2.15. The average Bonchev–Trinajstić information content (AvgIpc) is 2.09. The monoisotopic (exact) mass is 301 g/mol. The van der Waals surface area contributed by atoms with Crippen molar-refractivity contribution in [1.29, 1.82) is 0 Å². The topological polar surface area (TPSA) is 42.1 Å². The summed E-state index contributed by atoms with van der Waals surface area (Å²) in [7, 11) is 1.30. The molecule has 0 saturated heterocycles. The lowest BCUT2D eigenvalue weighted by Crippen LogP contribution is -2.13. The van der Waals surface area contributed by atoms with Crippen LogP contribution in [-0.2, 0) is 0 Å². The first-order valence-electron chi connectivity index (χ1n) is 3.31. The minimum atomic E-state index is -2.66. The number of hydrogen-bond donors (Lipinski definition) is 1. The Bertz CT molecular complexity index is 364. The lowest BCUT2D eigenvalue weighted by molar-refractivity contribution is 0.149. The highest BCUT2D eigenvalue weighted by Crippen LogP contribution is 2.24. The number of hydrogen-bond acceptors (Lipinski definition) is 2. The van der Waals surface area contributed by atoms with E-state index < -0.39 is 12.0 Å². The van der Waals surface area contributed by atoms with E-state index in [0.29, 0.717) is 0 Å². The number of pyridine rings is 1. The van der Waals surface area contributed by atoms with Gasteiger partial charge >= 0.3 is 0 Å². The normalized spacial score (nSPS) is 10.5. The molecule has 0 amide bonds. The fraction of sp³-hybridized carbons (Fsp3) is 0.286. The first-order valence-corrected chi connectivity index (χ1v) is 4.39. The number of H-pyrrole nitrogens is 1. The van der Waals surface area contributed by atoms with Crippen molar-refractivity contribution in [2.24, 2.45) is 0 Å². The number of rotatable bonds is 2. The van der Waals surface area contributed by atoms with Crippen molar-refractivity contribution in [3.05, 3.63) is 25.6 Å². The Hall–Kier alpha value is -0.660. The zero-order chi connectivity index (χ0) is 10.0. The molecule has 0 saturated carbocycles. The number of halogens is 3. The van der Waals surface area contributed by atoms with Gasteiger partial charge in [-0.1, -0.05) is 0 Å². The molecule has 0 atom stereocenters. The van der Waals surface area contributed by atoms with Gasteiger partial charge in [0, 0.05) is 11.6 Å². The summed E-state index contributed by atoms with van der Waals surface area (Å²) in [4.78, 5) is 13.3. The van der Waals surface area contributed by atoms with Gasteiger partial charge in [-0.2, -0.15) is 0 Å². The first kappa shape index (κ1) is 10.4. The molecular weight excluding hydrogens is 295 g/mol. The molecular formula is C7H6F2INO2. The third kappa shape index (κ3) is 2.17. The maximum Gasteiger partial charge on any atom is 0.265 e. The second-order valence-electron chi connectivity index (χ2n) is 2.24. The van der Waals surface area contributed by atoms with Gasteiger partial charge in [0.1, 0.15) is 0 Å². The Kier molecular flexibility index (Phi) is 3.23. The van der Waals surface area contributed by atoms with E-state index in [1.807, 2.05) is 0 Å². The van der Waals surface area contributed by atoms with Crippen LogP contribution in [0.3, 0.4) is 0 Å². The van der Waals surface area contributed by atoms with Gasteiger partial charge in [-0.25, -0.2) is 8.78 Å². The fourth-order valence-electron chi connectivity index (χ4n) is 0.807. The van der Waals surface area contributed by atoms with Gasteiger partial charge in [-0.05, 0) is 22.6 Å². The predicted octanol–water partition coefficient (Wildman–Crippen LogP) is 1.93. The van der Waals surface area contributed by atoms with Crippen LogP contribution in [0.15, 0.2) is 10.9 Å². The standard InChI is InChI=1S/C7H6F2INO2/c1-13-4-2-3(6(8)9)5(10)7(12)11-4/h2,6H,1H3,(H,11,12). The van der Waals surface area contributed by atoms with Gasteiger partial charge in [-0.15, -0.1) is 0 Å². The number of aromatic nitrogens is 1. The van der Waals surface area contributed by atoms with Gasteiger partial charge in [0.2, 0.25) is 0 Å². The second-order valence-corrected chi connectivity index (χ2v) is 3.32. The van der Waals surface area contributed by atoms with E-state index in [1.165, 1.54) is 7.11 Å². The molecule has 0 spiro atoms. The largest absolute Gasteiger partial charge is 0.482 e. The van der Waals surface area contributed by atoms with Gasteiger partial charge in [0.15, 0.2) is 5.88 Å². The van der Waals surface area contributed by atoms with Crippen molar-refractivity contribution in [1.82, 2.24) is 4.98 Å². The maximum atomic E-state index is 12.3. The van der Waals surface area contributed by atoms with E-state index in [1.54, 1.807) is 22.6 Å². The maximum absolute atomic E-state index is 12.3. The van der Waals surface area contributed by atoms with E-state index in [4.69, 9.17) is 0 Å². The predicted molar refractivity (Wildman–Crippen MR) is 51.3 cm³/mol. The SMILES string of the molecule is COc1cc(C(F)F)c(I)c(=O)[nH]1. The molecule has 1 heterocycles. The second kappa shape index (κ2) is 4.03. The molecule has 0 aliphatic carbocycles. The molecule has 0 aliphatic heterocycles. The highest BCUT2D eigenvalue weighted by molar-refractivity contribution is 14.1. The summed E-state index contributed by atoms with van der Waals surface area (Å²) < 4.78 is 29.3. The molecule has 6 heteroatoms. The van der Waals surface area contributed by atoms with E-state index in [9.17, 15) is 13.6 Å². The minimum absolute atomic E-state index is 0.00611. The van der Waals surface area contributed by atoms with Crippen LogP contribution in [0.1, 0.15) is 12.0 Å².